The summed E-state index contributed by atoms with van der Waals surface area (Å²) in [6, 6.07) is 0. The van der Waals surface area contributed by atoms with Gasteiger partial charge in [-0.25, -0.2) is 0 Å². The minimum atomic E-state index is -0.141. The molecule has 0 spiro atoms. The smallest absolute Gasteiger partial charge is 0.0512 e. The Morgan fingerprint density at radius 1 is 0.346 bits per heavy atom. The summed E-state index contributed by atoms with van der Waals surface area (Å²) < 4.78 is 0. The minimum absolute atomic E-state index is 0.141. The number of aliphatic hydroxyl groups is 4. The molecule has 0 radical (unpaired) electrons. The summed E-state index contributed by atoms with van der Waals surface area (Å²) in [5.74, 6) is 0. The monoisotopic (exact) mass is 376 g/mol. The first-order chi connectivity index (χ1) is 12.3. The lowest BCUT2D eigenvalue weighted by molar-refractivity contribution is 0.176. The maximum atomic E-state index is 8.99. The van der Waals surface area contributed by atoms with Gasteiger partial charge >= 0.3 is 0 Å². The number of hydrogen-bond donors (Lipinski definition) is 4. The van der Waals surface area contributed by atoms with Crippen LogP contribution in [0, 0.1) is 0 Å². The van der Waals surface area contributed by atoms with Gasteiger partial charge in [-0.1, -0.05) is 64.2 Å². The van der Waals surface area contributed by atoms with Crippen LogP contribution in [-0.2, 0) is 0 Å². The molecule has 0 aromatic rings. The molecule has 26 heavy (non-hydrogen) atoms. The molecule has 4 atom stereocenters. The van der Waals surface area contributed by atoms with Crippen LogP contribution in [0.5, 0.6) is 0 Å². The van der Waals surface area contributed by atoms with E-state index in [1.165, 1.54) is 38.5 Å². The Bertz CT molecular complexity index is 203. The highest BCUT2D eigenvalue weighted by Gasteiger charge is 1.98. The predicted octanol–water partition coefficient (Wildman–Crippen LogP) is 4.96. The van der Waals surface area contributed by atoms with Crippen LogP contribution in [0.3, 0.4) is 0 Å². The Morgan fingerprint density at radius 2 is 0.500 bits per heavy atom. The normalized spacial score (nSPS) is 15.7. The van der Waals surface area contributed by atoms with E-state index in [0.29, 0.717) is 0 Å². The van der Waals surface area contributed by atoms with Crippen molar-refractivity contribution in [3.63, 3.8) is 0 Å². The first-order valence-electron chi connectivity index (χ1n) is 11.0. The zero-order valence-corrected chi connectivity index (χ0v) is 18.0. The number of unbranched alkanes of at least 4 members (excludes halogenated alkanes) is 8. The number of aliphatic hydroxyl groups excluding tert-OH is 4. The van der Waals surface area contributed by atoms with Crippen molar-refractivity contribution in [3.05, 3.63) is 0 Å². The zero-order chi connectivity index (χ0) is 20.2. The highest BCUT2D eigenvalue weighted by atomic mass is 16.3. The van der Waals surface area contributed by atoms with Gasteiger partial charge in [-0.3, -0.25) is 0 Å². The molecule has 0 aromatic heterocycles. The quantitative estimate of drug-likeness (QED) is 0.287. The largest absolute Gasteiger partial charge is 0.393 e. The molecule has 0 aliphatic carbocycles. The summed E-state index contributed by atoms with van der Waals surface area (Å²) in [7, 11) is 0. The summed E-state index contributed by atoms with van der Waals surface area (Å²) >= 11 is 0. The van der Waals surface area contributed by atoms with E-state index in [1.54, 1.807) is 0 Å². The van der Waals surface area contributed by atoms with Gasteiger partial charge in [0.05, 0.1) is 24.4 Å². The first-order valence-corrected chi connectivity index (χ1v) is 11.0. The molecular weight excluding hydrogens is 328 g/mol. The van der Waals surface area contributed by atoms with Crippen LogP contribution in [0.2, 0.25) is 0 Å². The highest BCUT2D eigenvalue weighted by molar-refractivity contribution is 4.52. The standard InChI is InChI=1S/2C11H24O2/c2*1-10(12)8-6-4-3-5-7-9-11(2)13/h2*10-13H,3-9H2,1-2H3/t2*10-,11-/m11/s1. The van der Waals surface area contributed by atoms with Crippen LogP contribution in [0.15, 0.2) is 0 Å². The van der Waals surface area contributed by atoms with E-state index in [1.807, 2.05) is 27.7 Å². The van der Waals surface area contributed by atoms with Crippen LogP contribution in [0.1, 0.15) is 118 Å². The van der Waals surface area contributed by atoms with Gasteiger partial charge in [0.15, 0.2) is 0 Å². The van der Waals surface area contributed by atoms with Gasteiger partial charge in [0.25, 0.3) is 0 Å². The summed E-state index contributed by atoms with van der Waals surface area (Å²) in [4.78, 5) is 0. The fourth-order valence-corrected chi connectivity index (χ4v) is 2.82. The summed E-state index contributed by atoms with van der Waals surface area (Å²) in [5.41, 5.74) is 0. The van der Waals surface area contributed by atoms with Crippen LogP contribution in [0.4, 0.5) is 0 Å². The van der Waals surface area contributed by atoms with Crippen molar-refractivity contribution in [1.82, 2.24) is 0 Å². The molecule has 0 amide bonds. The van der Waals surface area contributed by atoms with Crippen LogP contribution in [-0.4, -0.2) is 44.8 Å². The Balaban J connectivity index is 0. The Labute approximate surface area is 163 Å². The fraction of sp³-hybridized carbons (Fsp3) is 1.00. The average Bonchev–Trinajstić information content (AvgIpc) is 2.52. The van der Waals surface area contributed by atoms with Crippen molar-refractivity contribution in [3.8, 4) is 0 Å². The maximum Gasteiger partial charge on any atom is 0.0512 e. The number of rotatable bonds is 16. The third-order valence-electron chi connectivity index (χ3n) is 4.49. The van der Waals surface area contributed by atoms with E-state index < -0.39 is 0 Å². The van der Waals surface area contributed by atoms with Gasteiger partial charge in [-0.15, -0.1) is 0 Å². The van der Waals surface area contributed by atoms with Gasteiger partial charge < -0.3 is 20.4 Å². The van der Waals surface area contributed by atoms with E-state index in [9.17, 15) is 0 Å². The van der Waals surface area contributed by atoms with Crippen molar-refractivity contribution >= 4 is 0 Å². The van der Waals surface area contributed by atoms with Gasteiger partial charge in [0, 0.05) is 0 Å². The van der Waals surface area contributed by atoms with Gasteiger partial charge in [0.2, 0.25) is 0 Å². The van der Waals surface area contributed by atoms with Gasteiger partial charge in [0.1, 0.15) is 0 Å². The molecule has 0 rings (SSSR count). The Morgan fingerprint density at radius 3 is 0.654 bits per heavy atom. The van der Waals surface area contributed by atoms with Crippen molar-refractivity contribution in [2.24, 2.45) is 0 Å². The second-order valence-electron chi connectivity index (χ2n) is 8.09. The third kappa shape index (κ3) is 31.6. The van der Waals surface area contributed by atoms with E-state index in [2.05, 4.69) is 0 Å². The van der Waals surface area contributed by atoms with Crippen LogP contribution < -0.4 is 0 Å². The van der Waals surface area contributed by atoms with E-state index in [-0.39, 0.29) is 24.4 Å². The molecular formula is C22H48O4. The fourth-order valence-electron chi connectivity index (χ4n) is 2.82. The average molecular weight is 377 g/mol. The molecule has 0 aliphatic rings. The lowest BCUT2D eigenvalue weighted by atomic mass is 10.1. The molecule has 0 unspecified atom stereocenters. The predicted molar refractivity (Wildman–Crippen MR) is 111 cm³/mol. The lowest BCUT2D eigenvalue weighted by Crippen LogP contribution is -1.99. The van der Waals surface area contributed by atoms with Crippen LogP contribution >= 0.6 is 0 Å². The molecule has 4 N–H and O–H groups in total. The topological polar surface area (TPSA) is 80.9 Å². The third-order valence-corrected chi connectivity index (χ3v) is 4.49. The lowest BCUT2D eigenvalue weighted by Gasteiger charge is -2.05. The van der Waals surface area contributed by atoms with E-state index >= 15 is 0 Å². The summed E-state index contributed by atoms with van der Waals surface area (Å²) in [5, 5.41) is 36.0. The summed E-state index contributed by atoms with van der Waals surface area (Å²) in [6.45, 7) is 7.36. The molecule has 160 valence electrons. The SMILES string of the molecule is C[C@@H](O)CCCCCCC[C@@H](C)O.C[C@@H](O)CCCCCCC[C@@H](C)O. The van der Waals surface area contributed by atoms with Crippen molar-refractivity contribution < 1.29 is 20.4 Å². The summed E-state index contributed by atoms with van der Waals surface area (Å²) in [6.07, 6.45) is 15.0. The minimum Gasteiger partial charge on any atom is -0.393 e. The Hall–Kier alpha value is -0.160. The highest BCUT2D eigenvalue weighted by Crippen LogP contribution is 2.10. The van der Waals surface area contributed by atoms with E-state index in [4.69, 9.17) is 20.4 Å². The molecule has 0 bridgehead atoms. The molecule has 0 aliphatic heterocycles. The van der Waals surface area contributed by atoms with Crippen molar-refractivity contribution in [1.29, 1.82) is 0 Å². The van der Waals surface area contributed by atoms with Crippen molar-refractivity contribution in [2.45, 2.75) is 142 Å². The van der Waals surface area contributed by atoms with E-state index in [0.717, 1.165) is 51.4 Å². The molecule has 0 saturated heterocycles. The zero-order valence-electron chi connectivity index (χ0n) is 18.0. The first kappa shape index (κ1) is 28.1. The maximum absolute atomic E-state index is 8.99. The molecule has 0 aromatic carbocycles. The van der Waals surface area contributed by atoms with Gasteiger partial charge in [-0.05, 0) is 53.4 Å². The van der Waals surface area contributed by atoms with Gasteiger partial charge in [-0.2, -0.15) is 0 Å². The molecule has 4 nitrogen and oxygen atoms in total. The Kier molecular flexibility index (Phi) is 22.8. The second kappa shape index (κ2) is 21.1. The molecule has 0 saturated carbocycles. The second-order valence-corrected chi connectivity index (χ2v) is 8.09. The number of hydrogen-bond acceptors (Lipinski definition) is 4. The van der Waals surface area contributed by atoms with Crippen molar-refractivity contribution in [2.75, 3.05) is 0 Å². The molecule has 4 heteroatoms. The molecule has 0 heterocycles. The van der Waals surface area contributed by atoms with Crippen LogP contribution in [0.25, 0.3) is 0 Å². The molecule has 0 fully saturated rings.